The van der Waals surface area contributed by atoms with Crippen LogP contribution in [0.4, 0.5) is 14.5 Å². The summed E-state index contributed by atoms with van der Waals surface area (Å²) >= 11 is 0. The van der Waals surface area contributed by atoms with Gasteiger partial charge in [0.1, 0.15) is 17.3 Å². The molecule has 2 rings (SSSR count). The number of carbonyl (C=O) groups excluding carboxylic acids is 3. The van der Waals surface area contributed by atoms with Gasteiger partial charge in [0, 0.05) is 19.0 Å². The molecule has 108 valence electrons. The first kappa shape index (κ1) is 15.8. The van der Waals surface area contributed by atoms with Crippen molar-refractivity contribution in [3.8, 4) is 0 Å². The standard InChI is InChI=1S/C12H14F2N2O.CO2/c13-9-2-1-3-10(14)11(9)16-6-4-8(5-7-16)12(15)17;2-1-3/h1-3,8H,4-7H2,(H2,15,17);. The van der Waals surface area contributed by atoms with Gasteiger partial charge in [0.25, 0.3) is 0 Å². The molecule has 1 aliphatic rings. The van der Waals surface area contributed by atoms with E-state index in [1.54, 1.807) is 4.90 Å². The third-order valence-electron chi connectivity index (χ3n) is 3.15. The monoisotopic (exact) mass is 284 g/mol. The van der Waals surface area contributed by atoms with Crippen molar-refractivity contribution in [3.05, 3.63) is 29.8 Å². The largest absolute Gasteiger partial charge is 0.373 e. The van der Waals surface area contributed by atoms with E-state index in [9.17, 15) is 13.6 Å². The van der Waals surface area contributed by atoms with Gasteiger partial charge in [0.2, 0.25) is 5.91 Å². The summed E-state index contributed by atoms with van der Waals surface area (Å²) in [6, 6.07) is 3.81. The second-order valence-electron chi connectivity index (χ2n) is 4.32. The van der Waals surface area contributed by atoms with E-state index in [1.807, 2.05) is 0 Å². The zero-order valence-electron chi connectivity index (χ0n) is 10.6. The van der Waals surface area contributed by atoms with E-state index >= 15 is 0 Å². The number of hydrogen-bond acceptors (Lipinski definition) is 4. The van der Waals surface area contributed by atoms with Crippen LogP contribution >= 0.6 is 0 Å². The number of carbonyl (C=O) groups is 1. The van der Waals surface area contributed by atoms with Crippen LogP contribution in [0, 0.1) is 17.6 Å². The number of piperidine rings is 1. The quantitative estimate of drug-likeness (QED) is 0.881. The summed E-state index contributed by atoms with van der Waals surface area (Å²) in [6.45, 7) is 0.900. The van der Waals surface area contributed by atoms with Crippen molar-refractivity contribution >= 4 is 17.7 Å². The smallest absolute Gasteiger partial charge is 0.369 e. The van der Waals surface area contributed by atoms with E-state index in [-0.39, 0.29) is 23.7 Å². The van der Waals surface area contributed by atoms with E-state index in [1.165, 1.54) is 18.2 Å². The lowest BCUT2D eigenvalue weighted by Crippen LogP contribution is -2.39. The number of hydrogen-bond donors (Lipinski definition) is 1. The number of nitrogens with two attached hydrogens (primary N) is 1. The first-order valence-electron chi connectivity index (χ1n) is 5.98. The Balaban J connectivity index is 0.000000612. The predicted octanol–water partition coefficient (Wildman–Crippen LogP) is 1.08. The van der Waals surface area contributed by atoms with Gasteiger partial charge >= 0.3 is 6.15 Å². The zero-order chi connectivity index (χ0) is 15.1. The van der Waals surface area contributed by atoms with Gasteiger partial charge in [0.05, 0.1) is 0 Å². The molecule has 0 atom stereocenters. The number of rotatable bonds is 2. The molecule has 1 aromatic rings. The highest BCUT2D eigenvalue weighted by molar-refractivity contribution is 5.77. The molecule has 0 aliphatic carbocycles. The molecule has 1 fully saturated rings. The highest BCUT2D eigenvalue weighted by Gasteiger charge is 2.26. The second kappa shape index (κ2) is 7.35. The van der Waals surface area contributed by atoms with Crippen LogP contribution in [0.25, 0.3) is 0 Å². The molecule has 0 saturated carbocycles. The molecule has 0 radical (unpaired) electrons. The summed E-state index contributed by atoms with van der Waals surface area (Å²) in [4.78, 5) is 28.9. The van der Waals surface area contributed by atoms with E-state index in [2.05, 4.69) is 0 Å². The predicted molar refractivity (Wildman–Crippen MR) is 65.5 cm³/mol. The number of benzene rings is 1. The average Bonchev–Trinajstić information content (AvgIpc) is 2.40. The fourth-order valence-corrected chi connectivity index (χ4v) is 2.18. The van der Waals surface area contributed by atoms with Crippen molar-refractivity contribution in [2.24, 2.45) is 11.7 Å². The van der Waals surface area contributed by atoms with Gasteiger partial charge in [-0.2, -0.15) is 9.59 Å². The maximum Gasteiger partial charge on any atom is 0.373 e. The first-order chi connectivity index (χ1) is 9.51. The van der Waals surface area contributed by atoms with Gasteiger partial charge in [-0.25, -0.2) is 8.78 Å². The van der Waals surface area contributed by atoms with Crippen LogP contribution in [0.15, 0.2) is 18.2 Å². The maximum absolute atomic E-state index is 13.5. The van der Waals surface area contributed by atoms with Crippen molar-refractivity contribution in [1.29, 1.82) is 0 Å². The molecule has 1 aromatic carbocycles. The minimum atomic E-state index is -0.567. The molecule has 0 aromatic heterocycles. The molecule has 5 nitrogen and oxygen atoms in total. The molecular weight excluding hydrogens is 270 g/mol. The van der Waals surface area contributed by atoms with Gasteiger partial charge < -0.3 is 10.6 Å². The van der Waals surface area contributed by atoms with Gasteiger partial charge in [-0.15, -0.1) is 0 Å². The Morgan fingerprint density at radius 1 is 1.20 bits per heavy atom. The third-order valence-corrected chi connectivity index (χ3v) is 3.15. The molecule has 0 unspecified atom stereocenters. The Kier molecular flexibility index (Phi) is 5.80. The second-order valence-corrected chi connectivity index (χ2v) is 4.32. The normalized spacial score (nSPS) is 15.0. The Morgan fingerprint density at radius 3 is 2.05 bits per heavy atom. The van der Waals surface area contributed by atoms with Crippen LogP contribution in [0.1, 0.15) is 12.8 Å². The van der Waals surface area contributed by atoms with Gasteiger partial charge in [0.15, 0.2) is 0 Å². The van der Waals surface area contributed by atoms with Crippen molar-refractivity contribution in [1.82, 2.24) is 0 Å². The van der Waals surface area contributed by atoms with E-state index in [4.69, 9.17) is 15.3 Å². The number of amides is 1. The lowest BCUT2D eigenvalue weighted by atomic mass is 9.96. The van der Waals surface area contributed by atoms with Crippen LogP contribution in [0.3, 0.4) is 0 Å². The molecule has 1 saturated heterocycles. The van der Waals surface area contributed by atoms with Crippen LogP contribution in [-0.4, -0.2) is 25.1 Å². The summed E-state index contributed by atoms with van der Waals surface area (Å²) in [7, 11) is 0. The Bertz CT molecular complexity index is 488. The van der Waals surface area contributed by atoms with Crippen LogP contribution in [0.2, 0.25) is 0 Å². The molecule has 1 heterocycles. The number of halogens is 2. The lowest BCUT2D eigenvalue weighted by Gasteiger charge is -2.32. The molecule has 1 amide bonds. The molecule has 0 bridgehead atoms. The fourth-order valence-electron chi connectivity index (χ4n) is 2.18. The summed E-state index contributed by atoms with van der Waals surface area (Å²) in [5.41, 5.74) is 5.20. The van der Waals surface area contributed by atoms with Crippen LogP contribution in [-0.2, 0) is 14.4 Å². The first-order valence-corrected chi connectivity index (χ1v) is 5.98. The summed E-state index contributed by atoms with van der Waals surface area (Å²) in [5, 5.41) is 0. The molecule has 0 spiro atoms. The summed E-state index contributed by atoms with van der Waals surface area (Å²) in [6.07, 6.45) is 1.34. The van der Waals surface area contributed by atoms with E-state index in [0.29, 0.717) is 25.9 Å². The summed E-state index contributed by atoms with van der Waals surface area (Å²) < 4.78 is 27.0. The number of anilines is 1. The Morgan fingerprint density at radius 2 is 1.65 bits per heavy atom. The zero-order valence-corrected chi connectivity index (χ0v) is 10.6. The fraction of sp³-hybridized carbons (Fsp3) is 0.385. The van der Waals surface area contributed by atoms with Crippen LogP contribution in [0.5, 0.6) is 0 Å². The van der Waals surface area contributed by atoms with Crippen molar-refractivity contribution < 1.29 is 23.2 Å². The SMILES string of the molecule is NC(=O)C1CCN(c2c(F)cccc2F)CC1.O=C=O. The lowest BCUT2D eigenvalue weighted by molar-refractivity contribution is -0.191. The van der Waals surface area contributed by atoms with E-state index < -0.39 is 11.6 Å². The molecule has 20 heavy (non-hydrogen) atoms. The molecular formula is C13H14F2N2O3. The maximum atomic E-state index is 13.5. The Hall–Kier alpha value is -2.27. The number of primary amides is 1. The van der Waals surface area contributed by atoms with Crippen LogP contribution < -0.4 is 10.6 Å². The van der Waals surface area contributed by atoms with E-state index in [0.717, 1.165) is 0 Å². The van der Waals surface area contributed by atoms with Gasteiger partial charge in [-0.3, -0.25) is 4.79 Å². The topological polar surface area (TPSA) is 80.5 Å². The average molecular weight is 284 g/mol. The highest BCUT2D eigenvalue weighted by atomic mass is 19.1. The Labute approximate surface area is 114 Å². The third kappa shape index (κ3) is 3.86. The molecule has 1 aliphatic heterocycles. The van der Waals surface area contributed by atoms with Crippen molar-refractivity contribution in [2.45, 2.75) is 12.8 Å². The number of para-hydroxylation sites is 1. The summed E-state index contributed by atoms with van der Waals surface area (Å²) in [5.74, 6) is -1.65. The van der Waals surface area contributed by atoms with Crippen molar-refractivity contribution in [2.75, 3.05) is 18.0 Å². The molecule has 2 N–H and O–H groups in total. The number of nitrogens with zero attached hydrogens (tertiary/aromatic N) is 1. The minimum Gasteiger partial charge on any atom is -0.369 e. The van der Waals surface area contributed by atoms with Gasteiger partial charge in [-0.05, 0) is 25.0 Å². The van der Waals surface area contributed by atoms with Crippen molar-refractivity contribution in [3.63, 3.8) is 0 Å². The van der Waals surface area contributed by atoms with Gasteiger partial charge in [-0.1, -0.05) is 6.07 Å². The highest BCUT2D eigenvalue weighted by Crippen LogP contribution is 2.27. The minimum absolute atomic E-state index is 0.00424. The molecule has 7 heteroatoms.